The lowest BCUT2D eigenvalue weighted by molar-refractivity contribution is 0.0695. The van der Waals surface area contributed by atoms with Gasteiger partial charge in [-0.2, -0.15) is 0 Å². The van der Waals surface area contributed by atoms with E-state index in [9.17, 15) is 13.0 Å². The third-order valence-electron chi connectivity index (χ3n) is 5.32. The molecule has 1 N–H and O–H groups in total. The summed E-state index contributed by atoms with van der Waals surface area (Å²) in [4.78, 5) is 11.2. The van der Waals surface area contributed by atoms with Gasteiger partial charge >= 0.3 is 5.97 Å². The molecule has 0 saturated heterocycles. The summed E-state index contributed by atoms with van der Waals surface area (Å²) in [7, 11) is 0. The maximum absolute atomic E-state index is 11.2. The van der Waals surface area contributed by atoms with Gasteiger partial charge in [0.2, 0.25) is 0 Å². The van der Waals surface area contributed by atoms with Crippen LogP contribution < -0.4 is 0 Å². The van der Waals surface area contributed by atoms with Crippen LogP contribution in [-0.2, 0) is 9.49 Å². The summed E-state index contributed by atoms with van der Waals surface area (Å²) in [5.74, 6) is -0.976. The van der Waals surface area contributed by atoms with Crippen molar-refractivity contribution in [3.8, 4) is 0 Å². The van der Waals surface area contributed by atoms with Crippen molar-refractivity contribution >= 4 is 27.2 Å². The Balaban J connectivity index is 1.99. The summed E-state index contributed by atoms with van der Waals surface area (Å²) >= 11 is -1.43. The molecule has 0 unspecified atom stereocenters. The van der Waals surface area contributed by atoms with Crippen LogP contribution in [0.5, 0.6) is 0 Å². The highest BCUT2D eigenvalue weighted by atomic mass is 127. The number of benzene rings is 1. The van der Waals surface area contributed by atoms with E-state index >= 15 is 0 Å². The second kappa shape index (κ2) is 17.8. The molecule has 0 aliphatic rings. The molecule has 1 rings (SSSR count). The fourth-order valence-corrected chi connectivity index (χ4v) is 4.49. The molecule has 1 aromatic carbocycles. The normalized spacial score (nSPS) is 11.3. The van der Waals surface area contributed by atoms with E-state index in [1.54, 1.807) is 12.1 Å². The second-order valence-electron chi connectivity index (χ2n) is 7.88. The van der Waals surface area contributed by atoms with Crippen molar-refractivity contribution in [1.82, 2.24) is 0 Å². The highest BCUT2D eigenvalue weighted by Gasteiger charge is 2.11. The van der Waals surface area contributed by atoms with Gasteiger partial charge in [0.15, 0.2) is 21.2 Å². The highest BCUT2D eigenvalue weighted by Crippen LogP contribution is 2.19. The number of carboxylic acid groups (broad SMARTS) is 1. The van der Waals surface area contributed by atoms with Gasteiger partial charge in [-0.05, 0) is 56.2 Å². The van der Waals surface area contributed by atoms with Crippen molar-refractivity contribution in [3.05, 3.63) is 45.0 Å². The van der Waals surface area contributed by atoms with Crippen LogP contribution in [0.15, 0.2) is 30.4 Å². The van der Waals surface area contributed by atoms with Crippen molar-refractivity contribution in [1.29, 1.82) is 0 Å². The third kappa shape index (κ3) is 13.0. The smallest absolute Gasteiger partial charge is 0.336 e. The molecular weight excluding hydrogens is 475 g/mol. The average Bonchev–Trinajstić information content (AvgIpc) is 2.73. The monoisotopic (exact) mass is 514 g/mol. The zero-order chi connectivity index (χ0) is 21.2. The van der Waals surface area contributed by atoms with Gasteiger partial charge in [0.25, 0.3) is 0 Å². The summed E-state index contributed by atoms with van der Waals surface area (Å²) in [6, 6.07) is 5.34. The molecule has 1 aromatic rings. The van der Waals surface area contributed by atoms with Crippen LogP contribution in [0.4, 0.5) is 0 Å². The van der Waals surface area contributed by atoms with Gasteiger partial charge in [0.1, 0.15) is 0 Å². The van der Waals surface area contributed by atoms with Crippen LogP contribution in [0.2, 0.25) is 0 Å². The highest BCUT2D eigenvalue weighted by molar-refractivity contribution is 14.1. The lowest BCUT2D eigenvalue weighted by Gasteiger charge is -2.05. The SMILES string of the molecule is CCCCCCCCCC/C=C/CCCCCCc1ccc(I=O)c(C(=O)O)c1. The van der Waals surface area contributed by atoms with Crippen molar-refractivity contribution in [2.75, 3.05) is 0 Å². The predicted molar refractivity (Wildman–Crippen MR) is 130 cm³/mol. The molecule has 0 spiro atoms. The van der Waals surface area contributed by atoms with Gasteiger partial charge in [0, 0.05) is 0 Å². The van der Waals surface area contributed by atoms with Crippen molar-refractivity contribution < 1.29 is 13.0 Å². The number of carboxylic acids is 1. The molecule has 0 heterocycles. The maximum Gasteiger partial charge on any atom is 0.336 e. The molecule has 0 fully saturated rings. The zero-order valence-electron chi connectivity index (χ0n) is 18.1. The van der Waals surface area contributed by atoms with Gasteiger partial charge in [-0.15, -0.1) is 0 Å². The fourth-order valence-electron chi connectivity index (χ4n) is 3.54. The molecule has 0 radical (unpaired) electrons. The molecule has 0 aliphatic heterocycles. The second-order valence-corrected chi connectivity index (χ2v) is 9.49. The van der Waals surface area contributed by atoms with E-state index in [-0.39, 0.29) is 5.56 Å². The number of allylic oxidation sites excluding steroid dienone is 2. The lowest BCUT2D eigenvalue weighted by atomic mass is 10.0. The Morgan fingerprint density at radius 3 is 1.97 bits per heavy atom. The molecular formula is C25H39IO3. The molecule has 0 amide bonds. The quantitative estimate of drug-likeness (QED) is 0.121. The molecule has 0 bridgehead atoms. The van der Waals surface area contributed by atoms with Crippen molar-refractivity contribution in [2.24, 2.45) is 0 Å². The number of unbranched alkanes of at least 4 members (excludes halogenated alkanes) is 12. The first-order chi connectivity index (χ1) is 14.2. The number of aryl methyl sites for hydroxylation is 1. The topological polar surface area (TPSA) is 54.4 Å². The van der Waals surface area contributed by atoms with Gasteiger partial charge in [-0.3, -0.25) is 3.07 Å². The van der Waals surface area contributed by atoms with Gasteiger partial charge < -0.3 is 5.11 Å². The third-order valence-corrected chi connectivity index (χ3v) is 6.74. The van der Waals surface area contributed by atoms with E-state index in [0.29, 0.717) is 3.57 Å². The fraction of sp³-hybridized carbons (Fsp3) is 0.640. The maximum atomic E-state index is 11.2. The first-order valence-electron chi connectivity index (χ1n) is 11.5. The standard InChI is InChI=1S/C25H39IO3/c1-2-3-4-5-6-7-8-9-10-11-12-13-14-15-16-17-18-22-19-20-24(26-29)23(21-22)25(27)28/h11-12,19-21H,2-10,13-18H2,1H3,(H,27,28)/b12-11+. The molecule has 4 heteroatoms. The molecule has 0 aliphatic carbocycles. The molecule has 0 aromatic heterocycles. The molecule has 3 nitrogen and oxygen atoms in total. The number of rotatable bonds is 18. The first-order valence-corrected chi connectivity index (χ1v) is 13.4. The Kier molecular flexibility index (Phi) is 15.9. The molecule has 164 valence electrons. The van der Waals surface area contributed by atoms with E-state index in [2.05, 4.69) is 19.1 Å². The van der Waals surface area contributed by atoms with Crippen LogP contribution in [0.25, 0.3) is 0 Å². The Hall–Kier alpha value is -1.04. The van der Waals surface area contributed by atoms with E-state index < -0.39 is 27.2 Å². The predicted octanol–water partition coefficient (Wildman–Crippen LogP) is 8.45. The van der Waals surface area contributed by atoms with E-state index in [1.165, 1.54) is 83.5 Å². The van der Waals surface area contributed by atoms with Crippen LogP contribution in [0, 0.1) is 3.57 Å². The molecule has 0 atom stereocenters. The zero-order valence-corrected chi connectivity index (χ0v) is 20.3. The summed E-state index contributed by atoms with van der Waals surface area (Å²) in [6.07, 6.45) is 23.7. The minimum atomic E-state index is -1.43. The van der Waals surface area contributed by atoms with Crippen LogP contribution in [0.1, 0.15) is 113 Å². The van der Waals surface area contributed by atoms with Crippen LogP contribution in [-0.4, -0.2) is 11.1 Å². The summed E-state index contributed by atoms with van der Waals surface area (Å²) in [5.41, 5.74) is 1.25. The van der Waals surface area contributed by atoms with Crippen molar-refractivity contribution in [3.63, 3.8) is 0 Å². The summed E-state index contributed by atoms with van der Waals surface area (Å²) in [5, 5.41) is 9.21. The van der Waals surface area contributed by atoms with E-state index in [4.69, 9.17) is 0 Å². The summed E-state index contributed by atoms with van der Waals surface area (Å²) < 4.78 is 11.6. The number of carbonyl (C=O) groups is 1. The Bertz CT molecular complexity index is 610. The van der Waals surface area contributed by atoms with E-state index in [0.717, 1.165) is 18.4 Å². The molecule has 0 saturated carbocycles. The average molecular weight is 514 g/mol. The Morgan fingerprint density at radius 2 is 1.41 bits per heavy atom. The van der Waals surface area contributed by atoms with Crippen molar-refractivity contribution in [2.45, 2.75) is 103 Å². The van der Waals surface area contributed by atoms with E-state index in [1.807, 2.05) is 6.07 Å². The van der Waals surface area contributed by atoms with Gasteiger partial charge in [-0.1, -0.05) is 82.9 Å². The number of aromatic carboxylic acids is 1. The summed E-state index contributed by atoms with van der Waals surface area (Å²) in [6.45, 7) is 2.27. The Morgan fingerprint density at radius 1 is 0.862 bits per heavy atom. The number of hydrogen-bond acceptors (Lipinski definition) is 2. The minimum absolute atomic E-state index is 0.215. The number of hydrogen-bond donors (Lipinski definition) is 1. The molecule has 29 heavy (non-hydrogen) atoms. The number of halogens is 1. The van der Waals surface area contributed by atoms with Crippen LogP contribution >= 0.6 is 21.2 Å². The first kappa shape index (κ1) is 26.0. The van der Waals surface area contributed by atoms with Gasteiger partial charge in [0.05, 0.1) is 9.13 Å². The van der Waals surface area contributed by atoms with Crippen LogP contribution in [0.3, 0.4) is 0 Å². The Labute approximate surface area is 188 Å². The minimum Gasteiger partial charge on any atom is -0.478 e. The van der Waals surface area contributed by atoms with Gasteiger partial charge in [-0.25, -0.2) is 4.79 Å². The largest absolute Gasteiger partial charge is 0.478 e. The lowest BCUT2D eigenvalue weighted by Crippen LogP contribution is -2.01.